The lowest BCUT2D eigenvalue weighted by atomic mass is 10.1. The van der Waals surface area contributed by atoms with Crippen LogP contribution >= 0.6 is 11.3 Å². The molecule has 3 nitrogen and oxygen atoms in total. The number of Topliss-reactive ketones (excluding diaryl/α,β-unsaturated/α-hetero) is 2. The van der Waals surface area contributed by atoms with E-state index in [0.717, 1.165) is 19.3 Å². The van der Waals surface area contributed by atoms with E-state index in [1.807, 2.05) is 0 Å². The Kier molecular flexibility index (Phi) is 5.18. The number of ketones is 2. The van der Waals surface area contributed by atoms with Gasteiger partial charge >= 0.3 is 0 Å². The molecule has 4 heteroatoms. The predicted molar refractivity (Wildman–Crippen MR) is 60.2 cm³/mol. The molecule has 0 aromatic carbocycles. The highest BCUT2D eigenvalue weighted by atomic mass is 32.1. The molecule has 0 N–H and O–H groups in total. The van der Waals surface area contributed by atoms with Gasteiger partial charge in [0.05, 0.1) is 6.42 Å². The first-order valence-corrected chi connectivity index (χ1v) is 6.06. The standard InChI is InChI=1S/C11H15NO2S/c1-2-3-4-5-9(13)8-10(14)11-12-6-7-15-11/h6-7H,2-5,8H2,1H3. The largest absolute Gasteiger partial charge is 0.299 e. The van der Waals surface area contributed by atoms with Gasteiger partial charge in [-0.05, 0) is 6.42 Å². The van der Waals surface area contributed by atoms with E-state index >= 15 is 0 Å². The van der Waals surface area contributed by atoms with Gasteiger partial charge in [0.2, 0.25) is 0 Å². The fourth-order valence-electron chi connectivity index (χ4n) is 1.28. The van der Waals surface area contributed by atoms with Gasteiger partial charge in [0, 0.05) is 18.0 Å². The zero-order valence-electron chi connectivity index (χ0n) is 8.86. The number of carbonyl (C=O) groups excluding carboxylic acids is 2. The van der Waals surface area contributed by atoms with Crippen LogP contribution in [0.15, 0.2) is 11.6 Å². The molecule has 0 spiro atoms. The summed E-state index contributed by atoms with van der Waals surface area (Å²) in [5.74, 6) is -0.116. The van der Waals surface area contributed by atoms with Crippen LogP contribution in [0.2, 0.25) is 0 Å². The summed E-state index contributed by atoms with van der Waals surface area (Å²) >= 11 is 1.29. The van der Waals surface area contributed by atoms with E-state index in [9.17, 15) is 9.59 Å². The van der Waals surface area contributed by atoms with Crippen LogP contribution in [0.3, 0.4) is 0 Å². The molecule has 0 radical (unpaired) electrons. The smallest absolute Gasteiger partial charge is 0.198 e. The summed E-state index contributed by atoms with van der Waals surface area (Å²) in [5.41, 5.74) is 0. The molecule has 1 aromatic heterocycles. The van der Waals surface area contributed by atoms with Crippen molar-refractivity contribution >= 4 is 22.9 Å². The molecule has 1 heterocycles. The lowest BCUT2D eigenvalue weighted by Crippen LogP contribution is -2.07. The van der Waals surface area contributed by atoms with Gasteiger partial charge in [0.1, 0.15) is 5.78 Å². The Labute approximate surface area is 93.5 Å². The first kappa shape index (κ1) is 12.0. The van der Waals surface area contributed by atoms with Crippen molar-refractivity contribution in [1.82, 2.24) is 4.98 Å². The summed E-state index contributed by atoms with van der Waals surface area (Å²) in [6.45, 7) is 2.09. The summed E-state index contributed by atoms with van der Waals surface area (Å²) in [6, 6.07) is 0. The number of rotatable bonds is 7. The zero-order chi connectivity index (χ0) is 11.1. The van der Waals surface area contributed by atoms with Crippen molar-refractivity contribution < 1.29 is 9.59 Å². The van der Waals surface area contributed by atoms with Crippen molar-refractivity contribution in [2.24, 2.45) is 0 Å². The number of unbranched alkanes of at least 4 members (excludes halogenated alkanes) is 2. The maximum atomic E-state index is 11.5. The number of aromatic nitrogens is 1. The molecule has 0 bridgehead atoms. The Morgan fingerprint density at radius 1 is 1.40 bits per heavy atom. The third-order valence-electron chi connectivity index (χ3n) is 2.09. The van der Waals surface area contributed by atoms with E-state index in [1.54, 1.807) is 11.6 Å². The number of thiazole rings is 1. The molecule has 0 aliphatic heterocycles. The molecule has 0 amide bonds. The van der Waals surface area contributed by atoms with Gasteiger partial charge in [-0.25, -0.2) is 4.98 Å². The molecule has 82 valence electrons. The van der Waals surface area contributed by atoms with Gasteiger partial charge in [-0.3, -0.25) is 9.59 Å². The maximum Gasteiger partial charge on any atom is 0.198 e. The van der Waals surface area contributed by atoms with Crippen molar-refractivity contribution in [3.05, 3.63) is 16.6 Å². The third kappa shape index (κ3) is 4.34. The monoisotopic (exact) mass is 225 g/mol. The van der Waals surface area contributed by atoms with Gasteiger partial charge < -0.3 is 0 Å². The molecule has 1 rings (SSSR count). The molecule has 15 heavy (non-hydrogen) atoms. The molecule has 0 aliphatic rings. The van der Waals surface area contributed by atoms with Gasteiger partial charge in [-0.15, -0.1) is 11.3 Å². The number of hydrogen-bond acceptors (Lipinski definition) is 4. The van der Waals surface area contributed by atoms with E-state index in [-0.39, 0.29) is 18.0 Å². The lowest BCUT2D eigenvalue weighted by molar-refractivity contribution is -0.118. The fourth-order valence-corrected chi connectivity index (χ4v) is 1.85. The molecule has 0 atom stereocenters. The van der Waals surface area contributed by atoms with Crippen molar-refractivity contribution in [1.29, 1.82) is 0 Å². The Morgan fingerprint density at radius 3 is 2.80 bits per heavy atom. The summed E-state index contributed by atoms with van der Waals surface area (Å²) in [6.07, 6.45) is 5.15. The van der Waals surface area contributed by atoms with Crippen LogP contribution in [0.5, 0.6) is 0 Å². The van der Waals surface area contributed by atoms with E-state index in [4.69, 9.17) is 0 Å². The molecule has 1 aromatic rings. The number of carbonyl (C=O) groups is 2. The van der Waals surface area contributed by atoms with E-state index in [2.05, 4.69) is 11.9 Å². The quantitative estimate of drug-likeness (QED) is 0.407. The summed E-state index contributed by atoms with van der Waals surface area (Å²) in [4.78, 5) is 26.7. The van der Waals surface area contributed by atoms with E-state index < -0.39 is 0 Å². The molecule has 0 fully saturated rings. The molecule has 0 unspecified atom stereocenters. The SMILES string of the molecule is CCCCCC(=O)CC(=O)c1nccs1. The Bertz CT molecular complexity index is 319. The Morgan fingerprint density at radius 2 is 2.20 bits per heavy atom. The number of nitrogens with zero attached hydrogens (tertiary/aromatic N) is 1. The second-order valence-corrected chi connectivity index (χ2v) is 4.33. The third-order valence-corrected chi connectivity index (χ3v) is 2.90. The van der Waals surface area contributed by atoms with Crippen LogP contribution in [0.25, 0.3) is 0 Å². The molecule has 0 saturated carbocycles. The van der Waals surface area contributed by atoms with Crippen LogP contribution in [0.4, 0.5) is 0 Å². The van der Waals surface area contributed by atoms with Crippen molar-refractivity contribution in [2.45, 2.75) is 39.0 Å². The average molecular weight is 225 g/mol. The molecule has 0 saturated heterocycles. The molecule has 0 aliphatic carbocycles. The van der Waals surface area contributed by atoms with Crippen molar-refractivity contribution in [3.63, 3.8) is 0 Å². The highest BCUT2D eigenvalue weighted by Gasteiger charge is 2.13. The van der Waals surface area contributed by atoms with Gasteiger partial charge in [-0.1, -0.05) is 19.8 Å². The summed E-state index contributed by atoms with van der Waals surface area (Å²) in [7, 11) is 0. The Hall–Kier alpha value is -1.03. The predicted octanol–water partition coefficient (Wildman–Crippen LogP) is 2.87. The normalized spacial score (nSPS) is 10.2. The lowest BCUT2D eigenvalue weighted by Gasteiger charge is -1.97. The van der Waals surface area contributed by atoms with Crippen LogP contribution in [0, 0.1) is 0 Å². The summed E-state index contributed by atoms with van der Waals surface area (Å²) < 4.78 is 0. The highest BCUT2D eigenvalue weighted by molar-refractivity contribution is 7.11. The van der Waals surface area contributed by atoms with Crippen molar-refractivity contribution in [2.75, 3.05) is 0 Å². The number of hydrogen-bond donors (Lipinski definition) is 0. The van der Waals surface area contributed by atoms with Crippen LogP contribution in [-0.4, -0.2) is 16.6 Å². The highest BCUT2D eigenvalue weighted by Crippen LogP contribution is 2.09. The van der Waals surface area contributed by atoms with E-state index in [1.165, 1.54) is 11.3 Å². The first-order valence-electron chi connectivity index (χ1n) is 5.18. The topological polar surface area (TPSA) is 47.0 Å². The molecular formula is C11H15NO2S. The average Bonchev–Trinajstić information content (AvgIpc) is 2.70. The summed E-state index contributed by atoms with van der Waals surface area (Å²) in [5, 5.41) is 2.19. The van der Waals surface area contributed by atoms with Crippen LogP contribution in [-0.2, 0) is 4.79 Å². The fraction of sp³-hybridized carbons (Fsp3) is 0.545. The van der Waals surface area contributed by atoms with Gasteiger partial charge in [0.15, 0.2) is 10.8 Å². The minimum atomic E-state index is -0.147. The first-order chi connectivity index (χ1) is 7.24. The van der Waals surface area contributed by atoms with Gasteiger partial charge in [-0.2, -0.15) is 0 Å². The maximum absolute atomic E-state index is 11.5. The molecular weight excluding hydrogens is 210 g/mol. The van der Waals surface area contributed by atoms with Crippen LogP contribution < -0.4 is 0 Å². The second-order valence-electron chi connectivity index (χ2n) is 3.43. The minimum Gasteiger partial charge on any atom is -0.299 e. The minimum absolute atomic E-state index is 0.0111. The Balaban J connectivity index is 2.29. The second kappa shape index (κ2) is 6.45. The van der Waals surface area contributed by atoms with Crippen molar-refractivity contribution in [3.8, 4) is 0 Å². The zero-order valence-corrected chi connectivity index (χ0v) is 9.68. The van der Waals surface area contributed by atoms with Crippen LogP contribution in [0.1, 0.15) is 48.8 Å². The van der Waals surface area contributed by atoms with Gasteiger partial charge in [0.25, 0.3) is 0 Å². The van der Waals surface area contributed by atoms with E-state index in [0.29, 0.717) is 11.4 Å².